The summed E-state index contributed by atoms with van der Waals surface area (Å²) in [4.78, 5) is 10.3. The van der Waals surface area contributed by atoms with E-state index in [1.807, 2.05) is 31.2 Å². The zero-order valence-corrected chi connectivity index (χ0v) is 7.08. The summed E-state index contributed by atoms with van der Waals surface area (Å²) in [7, 11) is 0. The summed E-state index contributed by atoms with van der Waals surface area (Å²) in [6.07, 6.45) is 0.111. The lowest BCUT2D eigenvalue weighted by atomic mass is 10.1. The van der Waals surface area contributed by atoms with Gasteiger partial charge >= 0.3 is 5.97 Å². The van der Waals surface area contributed by atoms with E-state index in [1.165, 1.54) is 0 Å². The third-order valence-electron chi connectivity index (χ3n) is 1.48. The second kappa shape index (κ2) is 4.51. The predicted octanol–water partition coefficient (Wildman–Crippen LogP) is 1.78. The molecule has 0 radical (unpaired) electrons. The molecular formula is C9H13NO2. The molecule has 0 unspecified atom stereocenters. The SMILES string of the molecule is Cc1ccc(CC(=O)O)cc1.N. The van der Waals surface area contributed by atoms with Crippen LogP contribution in [0.15, 0.2) is 24.3 Å². The molecule has 0 aromatic heterocycles. The monoisotopic (exact) mass is 167 g/mol. The van der Waals surface area contributed by atoms with Gasteiger partial charge in [0.25, 0.3) is 0 Å². The molecule has 12 heavy (non-hydrogen) atoms. The van der Waals surface area contributed by atoms with E-state index in [2.05, 4.69) is 0 Å². The molecule has 0 atom stereocenters. The van der Waals surface area contributed by atoms with Crippen LogP contribution in [-0.2, 0) is 11.2 Å². The zero-order chi connectivity index (χ0) is 8.27. The van der Waals surface area contributed by atoms with E-state index in [9.17, 15) is 4.79 Å². The van der Waals surface area contributed by atoms with Crippen molar-refractivity contribution in [2.24, 2.45) is 0 Å². The zero-order valence-electron chi connectivity index (χ0n) is 7.08. The lowest BCUT2D eigenvalue weighted by Gasteiger charge is -1.96. The van der Waals surface area contributed by atoms with Gasteiger partial charge in [0.1, 0.15) is 0 Å². The fourth-order valence-electron chi connectivity index (χ4n) is 0.881. The molecule has 0 spiro atoms. The number of carboxylic acid groups (broad SMARTS) is 1. The molecular weight excluding hydrogens is 154 g/mol. The number of rotatable bonds is 2. The van der Waals surface area contributed by atoms with E-state index in [-0.39, 0.29) is 12.6 Å². The quantitative estimate of drug-likeness (QED) is 0.705. The van der Waals surface area contributed by atoms with Gasteiger partial charge in [-0.25, -0.2) is 0 Å². The molecule has 0 saturated heterocycles. The lowest BCUT2D eigenvalue weighted by molar-refractivity contribution is -0.136. The van der Waals surface area contributed by atoms with Crippen LogP contribution in [-0.4, -0.2) is 11.1 Å². The summed E-state index contributed by atoms with van der Waals surface area (Å²) < 4.78 is 0. The molecule has 0 bridgehead atoms. The highest BCUT2D eigenvalue weighted by Crippen LogP contribution is 2.03. The molecule has 3 nitrogen and oxygen atoms in total. The minimum absolute atomic E-state index is 0. The van der Waals surface area contributed by atoms with Gasteiger partial charge < -0.3 is 11.3 Å². The molecule has 66 valence electrons. The first-order valence-corrected chi connectivity index (χ1v) is 3.46. The highest BCUT2D eigenvalue weighted by atomic mass is 16.4. The number of hydrogen-bond acceptors (Lipinski definition) is 2. The number of carboxylic acids is 1. The molecule has 0 aliphatic carbocycles. The molecule has 4 N–H and O–H groups in total. The van der Waals surface area contributed by atoms with Crippen LogP contribution < -0.4 is 6.15 Å². The highest BCUT2D eigenvalue weighted by molar-refractivity contribution is 5.70. The van der Waals surface area contributed by atoms with Gasteiger partial charge in [0.05, 0.1) is 6.42 Å². The molecule has 3 heteroatoms. The van der Waals surface area contributed by atoms with E-state index in [0.29, 0.717) is 0 Å². The van der Waals surface area contributed by atoms with Gasteiger partial charge in [0, 0.05) is 0 Å². The first-order chi connectivity index (χ1) is 5.18. The Morgan fingerprint density at radius 2 is 1.83 bits per heavy atom. The van der Waals surface area contributed by atoms with E-state index in [1.54, 1.807) is 0 Å². The number of carbonyl (C=O) groups is 1. The lowest BCUT2D eigenvalue weighted by Crippen LogP contribution is -1.99. The maximum Gasteiger partial charge on any atom is 0.307 e. The minimum Gasteiger partial charge on any atom is -0.481 e. The van der Waals surface area contributed by atoms with Crippen molar-refractivity contribution in [1.82, 2.24) is 6.15 Å². The van der Waals surface area contributed by atoms with Crippen molar-refractivity contribution < 1.29 is 9.90 Å². The van der Waals surface area contributed by atoms with Gasteiger partial charge in [0.2, 0.25) is 0 Å². The molecule has 0 fully saturated rings. The van der Waals surface area contributed by atoms with Crippen LogP contribution in [0.4, 0.5) is 0 Å². The average Bonchev–Trinajstić information content (AvgIpc) is 1.93. The van der Waals surface area contributed by atoms with Crippen LogP contribution in [0.2, 0.25) is 0 Å². The standard InChI is InChI=1S/C9H10O2.H3N/c1-7-2-4-8(5-3-7)6-9(10)11;/h2-5H,6H2,1H3,(H,10,11);1H3. The van der Waals surface area contributed by atoms with Crippen LogP contribution in [0.25, 0.3) is 0 Å². The van der Waals surface area contributed by atoms with Crippen molar-refractivity contribution in [3.05, 3.63) is 35.4 Å². The van der Waals surface area contributed by atoms with Crippen LogP contribution >= 0.6 is 0 Å². The smallest absolute Gasteiger partial charge is 0.307 e. The Balaban J connectivity index is 0.00000121. The molecule has 0 saturated carbocycles. The molecule has 1 rings (SSSR count). The summed E-state index contributed by atoms with van der Waals surface area (Å²) in [6, 6.07) is 7.50. The molecule has 0 heterocycles. The average molecular weight is 167 g/mol. The van der Waals surface area contributed by atoms with Gasteiger partial charge in [-0.1, -0.05) is 29.8 Å². The Morgan fingerprint density at radius 3 is 2.25 bits per heavy atom. The molecule has 1 aromatic rings. The summed E-state index contributed by atoms with van der Waals surface area (Å²) >= 11 is 0. The molecule has 0 aliphatic rings. The summed E-state index contributed by atoms with van der Waals surface area (Å²) in [6.45, 7) is 1.98. The predicted molar refractivity (Wildman–Crippen MR) is 47.5 cm³/mol. The first-order valence-electron chi connectivity index (χ1n) is 3.46. The Labute approximate surface area is 71.6 Å². The number of aliphatic carboxylic acids is 1. The van der Waals surface area contributed by atoms with Crippen LogP contribution in [0.5, 0.6) is 0 Å². The Morgan fingerprint density at radius 1 is 1.33 bits per heavy atom. The number of aryl methyl sites for hydroxylation is 1. The fraction of sp³-hybridized carbons (Fsp3) is 0.222. The van der Waals surface area contributed by atoms with Crippen molar-refractivity contribution in [3.63, 3.8) is 0 Å². The second-order valence-electron chi connectivity index (χ2n) is 2.56. The van der Waals surface area contributed by atoms with Crippen LogP contribution in [0.3, 0.4) is 0 Å². The molecule has 0 amide bonds. The summed E-state index contributed by atoms with van der Waals surface area (Å²) in [5, 5.41) is 8.44. The van der Waals surface area contributed by atoms with E-state index in [4.69, 9.17) is 5.11 Å². The van der Waals surface area contributed by atoms with Gasteiger partial charge in [0.15, 0.2) is 0 Å². The Kier molecular flexibility index (Phi) is 4.00. The van der Waals surface area contributed by atoms with E-state index < -0.39 is 5.97 Å². The van der Waals surface area contributed by atoms with Gasteiger partial charge in [-0.3, -0.25) is 4.79 Å². The maximum absolute atomic E-state index is 10.3. The van der Waals surface area contributed by atoms with Crippen LogP contribution in [0, 0.1) is 6.92 Å². The third kappa shape index (κ3) is 3.16. The maximum atomic E-state index is 10.3. The topological polar surface area (TPSA) is 72.3 Å². The van der Waals surface area contributed by atoms with Crippen molar-refractivity contribution in [2.45, 2.75) is 13.3 Å². The number of benzene rings is 1. The summed E-state index contributed by atoms with van der Waals surface area (Å²) in [5.74, 6) is -0.783. The van der Waals surface area contributed by atoms with Crippen LogP contribution in [0.1, 0.15) is 11.1 Å². The van der Waals surface area contributed by atoms with Gasteiger partial charge in [-0.15, -0.1) is 0 Å². The van der Waals surface area contributed by atoms with Crippen molar-refractivity contribution in [3.8, 4) is 0 Å². The third-order valence-corrected chi connectivity index (χ3v) is 1.48. The first kappa shape index (κ1) is 10.7. The van der Waals surface area contributed by atoms with Crippen molar-refractivity contribution in [1.29, 1.82) is 0 Å². The minimum atomic E-state index is -0.783. The normalized spacial score (nSPS) is 8.75. The van der Waals surface area contributed by atoms with Gasteiger partial charge in [-0.05, 0) is 12.5 Å². The Hall–Kier alpha value is -1.35. The van der Waals surface area contributed by atoms with Gasteiger partial charge in [-0.2, -0.15) is 0 Å². The van der Waals surface area contributed by atoms with E-state index in [0.717, 1.165) is 11.1 Å². The Bertz CT molecular complexity index is 254. The number of hydrogen-bond donors (Lipinski definition) is 2. The largest absolute Gasteiger partial charge is 0.481 e. The second-order valence-corrected chi connectivity index (χ2v) is 2.56. The molecule has 1 aromatic carbocycles. The van der Waals surface area contributed by atoms with Crippen molar-refractivity contribution in [2.75, 3.05) is 0 Å². The summed E-state index contributed by atoms with van der Waals surface area (Å²) in [5.41, 5.74) is 2.00. The highest BCUT2D eigenvalue weighted by Gasteiger charge is 1.97. The van der Waals surface area contributed by atoms with E-state index >= 15 is 0 Å². The fourth-order valence-corrected chi connectivity index (χ4v) is 0.881. The molecule has 0 aliphatic heterocycles. The van der Waals surface area contributed by atoms with Crippen molar-refractivity contribution >= 4 is 5.97 Å².